The first-order chi connectivity index (χ1) is 5.84. The maximum atomic E-state index is 5.49. The number of aromatic nitrogens is 1. The van der Waals surface area contributed by atoms with Gasteiger partial charge in [0.25, 0.3) is 0 Å². The molecule has 1 saturated heterocycles. The van der Waals surface area contributed by atoms with Crippen LogP contribution >= 0.6 is 22.6 Å². The molecule has 1 aromatic heterocycles. The topological polar surface area (TPSA) is 31.4 Å². The summed E-state index contributed by atoms with van der Waals surface area (Å²) in [6.45, 7) is 1.38. The molecule has 0 atom stereocenters. The highest BCUT2D eigenvalue weighted by molar-refractivity contribution is 14.1. The second-order valence-electron chi connectivity index (χ2n) is 2.58. The van der Waals surface area contributed by atoms with Crippen molar-refractivity contribution in [1.82, 2.24) is 4.98 Å². The van der Waals surface area contributed by atoms with E-state index >= 15 is 0 Å². The first-order valence-corrected chi connectivity index (χ1v) is 4.79. The van der Waals surface area contributed by atoms with Gasteiger partial charge in [-0.3, -0.25) is 0 Å². The molecule has 0 aromatic carbocycles. The van der Waals surface area contributed by atoms with Crippen LogP contribution in [0.1, 0.15) is 0 Å². The Morgan fingerprint density at radius 2 is 2.33 bits per heavy atom. The molecule has 0 bridgehead atoms. The molecule has 0 aliphatic carbocycles. The number of hydrogen-bond donors (Lipinski definition) is 0. The smallest absolute Gasteiger partial charge is 0.214 e. The van der Waals surface area contributed by atoms with Crippen LogP contribution in [-0.4, -0.2) is 24.3 Å². The van der Waals surface area contributed by atoms with Gasteiger partial charge in [-0.15, -0.1) is 0 Å². The zero-order valence-corrected chi connectivity index (χ0v) is 8.52. The molecule has 2 heterocycles. The zero-order chi connectivity index (χ0) is 8.39. The van der Waals surface area contributed by atoms with Crippen LogP contribution in [0.4, 0.5) is 0 Å². The van der Waals surface area contributed by atoms with Gasteiger partial charge in [0, 0.05) is 6.07 Å². The van der Waals surface area contributed by atoms with Gasteiger partial charge in [-0.05, 0) is 28.7 Å². The summed E-state index contributed by atoms with van der Waals surface area (Å²) in [6.07, 6.45) is 0.204. The Bertz CT molecular complexity index is 276. The molecule has 0 unspecified atom stereocenters. The van der Waals surface area contributed by atoms with Gasteiger partial charge in [0.15, 0.2) is 0 Å². The fourth-order valence-corrected chi connectivity index (χ4v) is 1.35. The minimum absolute atomic E-state index is 0.204. The van der Waals surface area contributed by atoms with Crippen molar-refractivity contribution in [2.24, 2.45) is 0 Å². The van der Waals surface area contributed by atoms with E-state index in [-0.39, 0.29) is 6.10 Å². The van der Waals surface area contributed by atoms with E-state index in [1.54, 1.807) is 0 Å². The lowest BCUT2D eigenvalue weighted by Gasteiger charge is -2.25. The number of hydrogen-bond acceptors (Lipinski definition) is 3. The fraction of sp³-hybridized carbons (Fsp3) is 0.375. The standard InChI is InChI=1S/C8H8INO2/c9-7-2-1-3-8(10-7)12-6-4-11-5-6/h1-3,6H,4-5H2. The summed E-state index contributed by atoms with van der Waals surface area (Å²) >= 11 is 2.16. The van der Waals surface area contributed by atoms with Crippen molar-refractivity contribution < 1.29 is 9.47 Å². The normalized spacial score (nSPS) is 17.1. The maximum Gasteiger partial charge on any atom is 0.214 e. The molecule has 2 rings (SSSR count). The van der Waals surface area contributed by atoms with Crippen molar-refractivity contribution in [2.75, 3.05) is 13.2 Å². The van der Waals surface area contributed by atoms with E-state index in [4.69, 9.17) is 9.47 Å². The number of ether oxygens (including phenoxy) is 2. The van der Waals surface area contributed by atoms with Crippen LogP contribution in [0.15, 0.2) is 18.2 Å². The highest BCUT2D eigenvalue weighted by atomic mass is 127. The van der Waals surface area contributed by atoms with Crippen LogP contribution in [0.5, 0.6) is 5.88 Å². The number of rotatable bonds is 2. The Labute approximate surface area is 84.2 Å². The molecule has 0 amide bonds. The predicted molar refractivity (Wildman–Crippen MR) is 52.2 cm³/mol. The zero-order valence-electron chi connectivity index (χ0n) is 6.37. The summed E-state index contributed by atoms with van der Waals surface area (Å²) in [5, 5.41) is 0. The van der Waals surface area contributed by atoms with E-state index in [0.29, 0.717) is 19.1 Å². The second-order valence-corrected chi connectivity index (χ2v) is 3.68. The average molecular weight is 277 g/mol. The van der Waals surface area contributed by atoms with E-state index in [1.807, 2.05) is 18.2 Å². The van der Waals surface area contributed by atoms with E-state index in [9.17, 15) is 0 Å². The Morgan fingerprint density at radius 3 is 2.92 bits per heavy atom. The van der Waals surface area contributed by atoms with Crippen molar-refractivity contribution in [1.29, 1.82) is 0 Å². The molecule has 64 valence electrons. The van der Waals surface area contributed by atoms with Crippen molar-refractivity contribution in [2.45, 2.75) is 6.10 Å². The Hall–Kier alpha value is -0.360. The third kappa shape index (κ3) is 1.87. The molecule has 1 aliphatic heterocycles. The van der Waals surface area contributed by atoms with E-state index in [1.165, 1.54) is 0 Å². The SMILES string of the molecule is Ic1cccc(OC2COC2)n1. The minimum atomic E-state index is 0.204. The van der Waals surface area contributed by atoms with Gasteiger partial charge in [-0.1, -0.05) is 6.07 Å². The summed E-state index contributed by atoms with van der Waals surface area (Å²) in [5.41, 5.74) is 0. The summed E-state index contributed by atoms with van der Waals surface area (Å²) in [6, 6.07) is 5.73. The Balaban J connectivity index is 2.02. The quantitative estimate of drug-likeness (QED) is 0.606. The molecular formula is C8H8INO2. The van der Waals surface area contributed by atoms with Gasteiger partial charge in [-0.2, -0.15) is 0 Å². The molecule has 12 heavy (non-hydrogen) atoms. The molecule has 3 nitrogen and oxygen atoms in total. The fourth-order valence-electron chi connectivity index (χ4n) is 0.908. The van der Waals surface area contributed by atoms with Crippen molar-refractivity contribution in [3.8, 4) is 5.88 Å². The van der Waals surface area contributed by atoms with Gasteiger partial charge >= 0.3 is 0 Å². The predicted octanol–water partition coefficient (Wildman–Crippen LogP) is 1.46. The van der Waals surface area contributed by atoms with Crippen LogP contribution in [0.25, 0.3) is 0 Å². The van der Waals surface area contributed by atoms with Crippen LogP contribution in [0.2, 0.25) is 0 Å². The molecule has 0 spiro atoms. The highest BCUT2D eigenvalue weighted by Crippen LogP contribution is 2.14. The van der Waals surface area contributed by atoms with Crippen LogP contribution in [0.3, 0.4) is 0 Å². The Kier molecular flexibility index (Phi) is 2.45. The molecule has 1 aromatic rings. The summed E-state index contributed by atoms with van der Waals surface area (Å²) in [5.74, 6) is 0.690. The van der Waals surface area contributed by atoms with Crippen LogP contribution < -0.4 is 4.74 Å². The van der Waals surface area contributed by atoms with E-state index < -0.39 is 0 Å². The number of nitrogens with zero attached hydrogens (tertiary/aromatic N) is 1. The molecule has 0 saturated carbocycles. The van der Waals surface area contributed by atoms with Crippen LogP contribution in [-0.2, 0) is 4.74 Å². The average Bonchev–Trinajstić information content (AvgIpc) is 1.97. The first-order valence-electron chi connectivity index (χ1n) is 3.71. The van der Waals surface area contributed by atoms with Crippen molar-refractivity contribution >= 4 is 22.6 Å². The monoisotopic (exact) mass is 277 g/mol. The third-order valence-electron chi connectivity index (χ3n) is 1.58. The van der Waals surface area contributed by atoms with E-state index in [2.05, 4.69) is 27.6 Å². The number of halogens is 1. The summed E-state index contributed by atoms with van der Waals surface area (Å²) < 4.78 is 11.4. The molecule has 0 N–H and O–H groups in total. The van der Waals surface area contributed by atoms with Crippen molar-refractivity contribution in [3.05, 3.63) is 21.9 Å². The molecular weight excluding hydrogens is 269 g/mol. The van der Waals surface area contributed by atoms with Gasteiger partial charge < -0.3 is 9.47 Å². The maximum absolute atomic E-state index is 5.49. The summed E-state index contributed by atoms with van der Waals surface area (Å²) in [7, 11) is 0. The van der Waals surface area contributed by atoms with Gasteiger partial charge in [0.05, 0.1) is 13.2 Å². The van der Waals surface area contributed by atoms with Gasteiger partial charge in [-0.25, -0.2) is 4.98 Å². The highest BCUT2D eigenvalue weighted by Gasteiger charge is 2.20. The molecule has 1 fully saturated rings. The lowest BCUT2D eigenvalue weighted by atomic mass is 10.3. The minimum Gasteiger partial charge on any atom is -0.469 e. The van der Waals surface area contributed by atoms with Gasteiger partial charge in [0.2, 0.25) is 5.88 Å². The third-order valence-corrected chi connectivity index (χ3v) is 2.19. The first kappa shape index (κ1) is 8.25. The van der Waals surface area contributed by atoms with E-state index in [0.717, 1.165) is 3.70 Å². The van der Waals surface area contributed by atoms with Crippen LogP contribution in [0, 0.1) is 3.70 Å². The van der Waals surface area contributed by atoms with Crippen molar-refractivity contribution in [3.63, 3.8) is 0 Å². The second kappa shape index (κ2) is 3.57. The molecule has 4 heteroatoms. The lowest BCUT2D eigenvalue weighted by molar-refractivity contribution is -0.0813. The molecule has 1 aliphatic rings. The van der Waals surface area contributed by atoms with Gasteiger partial charge in [0.1, 0.15) is 9.80 Å². The summed E-state index contributed by atoms with van der Waals surface area (Å²) in [4.78, 5) is 4.20. The lowest BCUT2D eigenvalue weighted by Crippen LogP contribution is -2.38. The number of pyridine rings is 1. The Morgan fingerprint density at radius 1 is 1.50 bits per heavy atom. The largest absolute Gasteiger partial charge is 0.469 e. The molecule has 0 radical (unpaired) electrons.